The molecule has 0 radical (unpaired) electrons. The number of H-pyrrole nitrogens is 1. The van der Waals surface area contributed by atoms with E-state index >= 15 is 0 Å². The summed E-state index contributed by atoms with van der Waals surface area (Å²) in [5.74, 6) is 3.10. The van der Waals surface area contributed by atoms with E-state index in [0.717, 1.165) is 53.7 Å². The van der Waals surface area contributed by atoms with Crippen LogP contribution in [0.4, 0.5) is 5.82 Å². The number of carbonyl (C=O) groups excluding carboxylic acids is 1. The van der Waals surface area contributed by atoms with Crippen molar-refractivity contribution in [1.29, 1.82) is 0 Å². The third-order valence-electron chi connectivity index (χ3n) is 5.69. The first-order valence-corrected chi connectivity index (χ1v) is 10.5. The fourth-order valence-electron chi connectivity index (χ4n) is 4.04. The van der Waals surface area contributed by atoms with Gasteiger partial charge in [-0.15, -0.1) is 10.2 Å². The lowest BCUT2D eigenvalue weighted by atomic mass is 9.97. The van der Waals surface area contributed by atoms with Gasteiger partial charge < -0.3 is 15.2 Å². The Morgan fingerprint density at radius 1 is 1.19 bits per heavy atom. The fourth-order valence-corrected chi connectivity index (χ4v) is 4.04. The standard InChI is InChI=1S/C22H24N8O/c1-15-23-10-12-30(15)21-9-8-20(27-28-21)29-11-4-5-16(14-29)22(31)24-13-19-25-17-6-2-3-7-18(17)26-19/h2-3,6-10,12,16H,4-5,11,13-14H2,1H3,(H,24,31)(H,25,26). The zero-order valence-corrected chi connectivity index (χ0v) is 17.3. The number of fused-ring (bicyclic) bond motifs is 1. The maximum absolute atomic E-state index is 12.8. The Labute approximate surface area is 179 Å². The number of piperidine rings is 1. The largest absolute Gasteiger partial charge is 0.354 e. The van der Waals surface area contributed by atoms with Crippen molar-refractivity contribution in [3.05, 3.63) is 60.4 Å². The zero-order valence-electron chi connectivity index (χ0n) is 17.3. The topological polar surface area (TPSA) is 105 Å². The molecule has 9 nitrogen and oxygen atoms in total. The molecule has 1 aliphatic heterocycles. The number of imidazole rings is 2. The van der Waals surface area contributed by atoms with Crippen molar-refractivity contribution in [2.24, 2.45) is 5.92 Å². The van der Waals surface area contributed by atoms with E-state index < -0.39 is 0 Å². The van der Waals surface area contributed by atoms with Crippen LogP contribution in [-0.2, 0) is 11.3 Å². The average molecular weight is 416 g/mol. The zero-order chi connectivity index (χ0) is 21.2. The molecule has 0 aliphatic carbocycles. The Balaban J connectivity index is 1.21. The summed E-state index contributed by atoms with van der Waals surface area (Å²) in [4.78, 5) is 26.9. The monoisotopic (exact) mass is 416 g/mol. The normalized spacial score (nSPS) is 16.5. The number of para-hydroxylation sites is 2. The first kappa shape index (κ1) is 19.2. The van der Waals surface area contributed by atoms with Crippen LogP contribution in [0.15, 0.2) is 48.8 Å². The van der Waals surface area contributed by atoms with Crippen LogP contribution in [-0.4, -0.2) is 48.7 Å². The highest BCUT2D eigenvalue weighted by atomic mass is 16.1. The highest BCUT2D eigenvalue weighted by molar-refractivity contribution is 5.80. The molecule has 5 rings (SSSR count). The number of benzene rings is 1. The van der Waals surface area contributed by atoms with Crippen LogP contribution in [0.3, 0.4) is 0 Å². The van der Waals surface area contributed by atoms with Crippen molar-refractivity contribution in [2.45, 2.75) is 26.3 Å². The van der Waals surface area contributed by atoms with Crippen LogP contribution in [0.25, 0.3) is 16.9 Å². The number of aromatic amines is 1. The van der Waals surface area contributed by atoms with Crippen molar-refractivity contribution < 1.29 is 4.79 Å². The molecule has 0 spiro atoms. The average Bonchev–Trinajstić information content (AvgIpc) is 3.43. The van der Waals surface area contributed by atoms with Crippen LogP contribution >= 0.6 is 0 Å². The van der Waals surface area contributed by atoms with Crippen LogP contribution in [0.5, 0.6) is 0 Å². The van der Waals surface area contributed by atoms with E-state index in [1.807, 2.05) is 54.1 Å². The van der Waals surface area contributed by atoms with Crippen LogP contribution in [0.1, 0.15) is 24.5 Å². The number of nitrogens with zero attached hydrogens (tertiary/aromatic N) is 6. The van der Waals surface area contributed by atoms with Gasteiger partial charge in [-0.1, -0.05) is 12.1 Å². The van der Waals surface area contributed by atoms with E-state index in [4.69, 9.17) is 0 Å². The molecule has 1 saturated heterocycles. The fraction of sp³-hybridized carbons (Fsp3) is 0.318. The highest BCUT2D eigenvalue weighted by Crippen LogP contribution is 2.22. The SMILES string of the molecule is Cc1nccn1-c1ccc(N2CCCC(C(=O)NCc3nc4ccccc4[nH]3)C2)nn1. The smallest absolute Gasteiger partial charge is 0.225 e. The van der Waals surface area contributed by atoms with Crippen molar-refractivity contribution in [3.8, 4) is 5.82 Å². The summed E-state index contributed by atoms with van der Waals surface area (Å²) in [5.41, 5.74) is 1.88. The molecular weight excluding hydrogens is 392 g/mol. The predicted octanol–water partition coefficient (Wildman–Crippen LogP) is 2.38. The Morgan fingerprint density at radius 2 is 2.03 bits per heavy atom. The van der Waals surface area contributed by atoms with Gasteiger partial charge in [0.25, 0.3) is 0 Å². The second-order valence-corrected chi connectivity index (χ2v) is 7.80. The summed E-state index contributed by atoms with van der Waals surface area (Å²) in [5, 5.41) is 11.8. The summed E-state index contributed by atoms with van der Waals surface area (Å²) < 4.78 is 1.89. The summed E-state index contributed by atoms with van der Waals surface area (Å²) in [6.07, 6.45) is 5.40. The molecule has 9 heteroatoms. The van der Waals surface area contributed by atoms with Crippen LogP contribution in [0.2, 0.25) is 0 Å². The molecule has 0 bridgehead atoms. The van der Waals surface area contributed by atoms with Gasteiger partial charge in [0.05, 0.1) is 23.5 Å². The number of amides is 1. The molecule has 2 N–H and O–H groups in total. The van der Waals surface area contributed by atoms with Gasteiger partial charge in [-0.25, -0.2) is 9.97 Å². The number of hydrogen-bond donors (Lipinski definition) is 2. The molecule has 31 heavy (non-hydrogen) atoms. The second kappa shape index (κ2) is 8.17. The summed E-state index contributed by atoms with van der Waals surface area (Å²) in [6.45, 7) is 3.81. The summed E-state index contributed by atoms with van der Waals surface area (Å²) in [6, 6.07) is 11.7. The third-order valence-corrected chi connectivity index (χ3v) is 5.69. The van der Waals surface area contributed by atoms with Gasteiger partial charge in [-0.3, -0.25) is 9.36 Å². The Hall–Kier alpha value is -3.75. The summed E-state index contributed by atoms with van der Waals surface area (Å²) in [7, 11) is 0. The molecule has 4 aromatic rings. The molecule has 1 atom stereocenters. The lowest BCUT2D eigenvalue weighted by Crippen LogP contribution is -2.43. The van der Waals surface area contributed by atoms with Gasteiger partial charge in [-0.05, 0) is 44.0 Å². The van der Waals surface area contributed by atoms with Gasteiger partial charge in [0, 0.05) is 25.5 Å². The first-order chi connectivity index (χ1) is 15.2. The van der Waals surface area contributed by atoms with Gasteiger partial charge in [0.1, 0.15) is 11.6 Å². The van der Waals surface area contributed by atoms with E-state index in [0.29, 0.717) is 13.1 Å². The molecule has 1 fully saturated rings. The lowest BCUT2D eigenvalue weighted by molar-refractivity contribution is -0.125. The van der Waals surface area contributed by atoms with Crippen molar-refractivity contribution >= 4 is 22.8 Å². The molecule has 1 amide bonds. The molecule has 158 valence electrons. The number of carbonyl (C=O) groups is 1. The van der Waals surface area contributed by atoms with E-state index in [-0.39, 0.29) is 11.8 Å². The minimum atomic E-state index is -0.0875. The van der Waals surface area contributed by atoms with Crippen molar-refractivity contribution in [1.82, 2.24) is 35.0 Å². The van der Waals surface area contributed by atoms with E-state index in [9.17, 15) is 4.79 Å². The minimum Gasteiger partial charge on any atom is -0.354 e. The minimum absolute atomic E-state index is 0.0452. The number of aryl methyl sites for hydroxylation is 1. The number of hydrogen-bond acceptors (Lipinski definition) is 6. The quantitative estimate of drug-likeness (QED) is 0.518. The van der Waals surface area contributed by atoms with E-state index in [1.54, 1.807) is 6.20 Å². The Bertz CT molecular complexity index is 1160. The molecule has 0 saturated carbocycles. The van der Waals surface area contributed by atoms with Gasteiger partial charge >= 0.3 is 0 Å². The van der Waals surface area contributed by atoms with Crippen LogP contribution in [0, 0.1) is 12.8 Å². The lowest BCUT2D eigenvalue weighted by Gasteiger charge is -2.32. The molecule has 1 aliphatic rings. The second-order valence-electron chi connectivity index (χ2n) is 7.80. The number of nitrogens with one attached hydrogen (secondary N) is 2. The Morgan fingerprint density at radius 3 is 2.81 bits per heavy atom. The van der Waals surface area contributed by atoms with Gasteiger partial charge in [0.15, 0.2) is 11.6 Å². The van der Waals surface area contributed by atoms with E-state index in [1.165, 1.54) is 0 Å². The summed E-state index contributed by atoms with van der Waals surface area (Å²) >= 11 is 0. The van der Waals surface area contributed by atoms with Crippen molar-refractivity contribution in [2.75, 3.05) is 18.0 Å². The molecule has 3 aromatic heterocycles. The molecule has 1 unspecified atom stereocenters. The number of aromatic nitrogens is 6. The van der Waals surface area contributed by atoms with Gasteiger partial charge in [-0.2, -0.15) is 0 Å². The number of anilines is 1. The van der Waals surface area contributed by atoms with E-state index in [2.05, 4.69) is 35.4 Å². The van der Waals surface area contributed by atoms with Crippen LogP contribution < -0.4 is 10.2 Å². The first-order valence-electron chi connectivity index (χ1n) is 10.5. The third kappa shape index (κ3) is 3.98. The maximum atomic E-state index is 12.8. The highest BCUT2D eigenvalue weighted by Gasteiger charge is 2.26. The molecular formula is C22H24N8O. The molecule has 1 aromatic carbocycles. The van der Waals surface area contributed by atoms with Gasteiger partial charge in [0.2, 0.25) is 5.91 Å². The predicted molar refractivity (Wildman–Crippen MR) is 117 cm³/mol. The van der Waals surface area contributed by atoms with Crippen molar-refractivity contribution in [3.63, 3.8) is 0 Å². The number of rotatable bonds is 5. The molecule has 4 heterocycles. The Kier molecular flexibility index (Phi) is 5.07. The maximum Gasteiger partial charge on any atom is 0.225 e.